The molecule has 1 saturated heterocycles. The summed E-state index contributed by atoms with van der Waals surface area (Å²) in [6.45, 7) is 1.31. The van der Waals surface area contributed by atoms with Gasteiger partial charge in [0.15, 0.2) is 5.16 Å². The van der Waals surface area contributed by atoms with E-state index in [2.05, 4.69) is 20.2 Å². The van der Waals surface area contributed by atoms with Gasteiger partial charge in [-0.25, -0.2) is 19.9 Å². The molecular weight excluding hydrogens is 382 g/mol. The smallest absolute Gasteiger partial charge is 0.344 e. The van der Waals surface area contributed by atoms with Gasteiger partial charge in [0, 0.05) is 16.9 Å². The van der Waals surface area contributed by atoms with Crippen LogP contribution < -0.4 is 5.69 Å². The number of ether oxygens (including phenoxy) is 1. The van der Waals surface area contributed by atoms with Gasteiger partial charge in [-0.1, -0.05) is 6.42 Å². The van der Waals surface area contributed by atoms with Crippen molar-refractivity contribution < 1.29 is 4.74 Å². The van der Waals surface area contributed by atoms with E-state index >= 15 is 0 Å². The molecule has 0 spiro atoms. The standard InChI is InChI=1S/C18H21N5O2S2/c24-17-21-22-18(23(17)9-11-5-4-8-25-11)27-16-14-12-6-2-1-3-7-13(12)26-15(14)19-10-20-16/h10-11H,1-9H2,(H,21,24)/t11-/m0/s1. The number of aromatic amines is 1. The van der Waals surface area contributed by atoms with E-state index < -0.39 is 0 Å². The van der Waals surface area contributed by atoms with Gasteiger partial charge in [0.2, 0.25) is 0 Å². The fourth-order valence-electron chi connectivity index (χ4n) is 3.94. The minimum Gasteiger partial charge on any atom is -0.376 e. The van der Waals surface area contributed by atoms with Gasteiger partial charge in [-0.3, -0.25) is 4.57 Å². The summed E-state index contributed by atoms with van der Waals surface area (Å²) in [4.78, 5) is 23.8. The van der Waals surface area contributed by atoms with Gasteiger partial charge < -0.3 is 4.74 Å². The topological polar surface area (TPSA) is 85.7 Å². The van der Waals surface area contributed by atoms with Crippen LogP contribution in [0.5, 0.6) is 0 Å². The van der Waals surface area contributed by atoms with Crippen molar-refractivity contribution in [2.75, 3.05) is 6.61 Å². The fourth-order valence-corrected chi connectivity index (χ4v) is 6.18. The van der Waals surface area contributed by atoms with Crippen molar-refractivity contribution in [2.24, 2.45) is 0 Å². The Morgan fingerprint density at radius 2 is 2.19 bits per heavy atom. The van der Waals surface area contributed by atoms with Crippen molar-refractivity contribution in [3.63, 3.8) is 0 Å². The zero-order valence-corrected chi connectivity index (χ0v) is 16.6. The number of aryl methyl sites for hydroxylation is 2. The molecule has 1 aliphatic heterocycles. The summed E-state index contributed by atoms with van der Waals surface area (Å²) in [5, 5.41) is 9.53. The van der Waals surface area contributed by atoms with Crippen LogP contribution in [0.1, 0.15) is 42.5 Å². The Morgan fingerprint density at radius 3 is 3.07 bits per heavy atom. The Bertz CT molecular complexity index is 1020. The molecule has 0 aromatic carbocycles. The Kier molecular flexibility index (Phi) is 4.75. The zero-order valence-electron chi connectivity index (χ0n) is 14.9. The lowest BCUT2D eigenvalue weighted by atomic mass is 10.1. The number of rotatable bonds is 4. The third-order valence-electron chi connectivity index (χ3n) is 5.29. The molecular formula is C18H21N5O2S2. The summed E-state index contributed by atoms with van der Waals surface area (Å²) in [6, 6.07) is 0. The normalized spacial score (nSPS) is 20.1. The molecule has 1 aliphatic carbocycles. The third kappa shape index (κ3) is 3.32. The Labute approximate surface area is 164 Å². The molecule has 9 heteroatoms. The molecule has 3 aromatic heterocycles. The van der Waals surface area contributed by atoms with Gasteiger partial charge in [0.05, 0.1) is 12.6 Å². The number of hydrogen-bond acceptors (Lipinski definition) is 7. The van der Waals surface area contributed by atoms with E-state index in [0.717, 1.165) is 47.5 Å². The molecule has 27 heavy (non-hydrogen) atoms. The summed E-state index contributed by atoms with van der Waals surface area (Å²) in [5.74, 6) is 0. The van der Waals surface area contributed by atoms with Crippen molar-refractivity contribution in [3.05, 3.63) is 27.3 Å². The Morgan fingerprint density at radius 1 is 1.26 bits per heavy atom. The number of aromatic nitrogens is 5. The second-order valence-electron chi connectivity index (χ2n) is 7.08. The highest BCUT2D eigenvalue weighted by atomic mass is 32.2. The predicted octanol–water partition coefficient (Wildman–Crippen LogP) is 3.18. The number of thiophene rings is 1. The molecule has 0 amide bonds. The number of nitrogens with one attached hydrogen (secondary N) is 1. The Balaban J connectivity index is 1.52. The first-order valence-electron chi connectivity index (χ1n) is 9.49. The van der Waals surface area contributed by atoms with Crippen LogP contribution in [0.15, 0.2) is 21.3 Å². The summed E-state index contributed by atoms with van der Waals surface area (Å²) in [5.41, 5.74) is 1.21. The lowest BCUT2D eigenvalue weighted by Gasteiger charge is -2.11. The average Bonchev–Trinajstić information content (AvgIpc) is 3.35. The highest BCUT2D eigenvalue weighted by Gasteiger charge is 2.23. The van der Waals surface area contributed by atoms with Crippen molar-refractivity contribution in [2.45, 2.75) is 67.8 Å². The molecule has 0 bridgehead atoms. The molecule has 1 fully saturated rings. The lowest BCUT2D eigenvalue weighted by Crippen LogP contribution is -2.24. The van der Waals surface area contributed by atoms with Crippen LogP contribution in [0.4, 0.5) is 0 Å². The van der Waals surface area contributed by atoms with E-state index in [0.29, 0.717) is 11.7 Å². The van der Waals surface area contributed by atoms with Crippen LogP contribution in [-0.2, 0) is 24.1 Å². The van der Waals surface area contributed by atoms with Gasteiger partial charge in [-0.2, -0.15) is 0 Å². The van der Waals surface area contributed by atoms with Gasteiger partial charge in [0.25, 0.3) is 0 Å². The second kappa shape index (κ2) is 7.37. The molecule has 0 saturated carbocycles. The molecule has 142 valence electrons. The molecule has 0 radical (unpaired) electrons. The molecule has 1 N–H and O–H groups in total. The summed E-state index contributed by atoms with van der Waals surface area (Å²) < 4.78 is 7.38. The number of nitrogens with zero attached hydrogens (tertiary/aromatic N) is 4. The van der Waals surface area contributed by atoms with Crippen molar-refractivity contribution in [1.29, 1.82) is 0 Å². The van der Waals surface area contributed by atoms with Gasteiger partial charge in [-0.05, 0) is 55.9 Å². The summed E-state index contributed by atoms with van der Waals surface area (Å²) in [7, 11) is 0. The number of hydrogen-bond donors (Lipinski definition) is 1. The predicted molar refractivity (Wildman–Crippen MR) is 105 cm³/mol. The lowest BCUT2D eigenvalue weighted by molar-refractivity contribution is 0.0941. The zero-order chi connectivity index (χ0) is 18.2. The molecule has 2 aliphatic rings. The number of H-pyrrole nitrogens is 1. The van der Waals surface area contributed by atoms with E-state index in [4.69, 9.17) is 4.74 Å². The van der Waals surface area contributed by atoms with E-state index in [1.54, 1.807) is 22.2 Å². The fraction of sp³-hybridized carbons (Fsp3) is 0.556. The quantitative estimate of drug-likeness (QED) is 0.532. The molecule has 4 heterocycles. The first-order valence-corrected chi connectivity index (χ1v) is 11.1. The highest BCUT2D eigenvalue weighted by molar-refractivity contribution is 7.99. The molecule has 7 nitrogen and oxygen atoms in total. The first-order chi connectivity index (χ1) is 13.3. The molecule has 3 aromatic rings. The van der Waals surface area contributed by atoms with Crippen LogP contribution >= 0.6 is 23.1 Å². The largest absolute Gasteiger partial charge is 0.376 e. The van der Waals surface area contributed by atoms with Crippen molar-refractivity contribution in [1.82, 2.24) is 24.7 Å². The maximum absolute atomic E-state index is 12.3. The molecule has 1 atom stereocenters. The van der Waals surface area contributed by atoms with E-state index in [9.17, 15) is 4.79 Å². The first kappa shape index (κ1) is 17.4. The van der Waals surface area contributed by atoms with Crippen molar-refractivity contribution >= 4 is 33.3 Å². The SMILES string of the molecule is O=c1[nH]nc(Sc2ncnc3sc4c(c23)CCCCC4)n1C[C@@H]1CCCO1. The monoisotopic (exact) mass is 403 g/mol. The van der Waals surface area contributed by atoms with Crippen molar-refractivity contribution in [3.8, 4) is 0 Å². The highest BCUT2D eigenvalue weighted by Crippen LogP contribution is 2.40. The maximum atomic E-state index is 12.3. The Hall–Kier alpha value is -1.71. The van der Waals surface area contributed by atoms with Gasteiger partial charge in [-0.15, -0.1) is 16.4 Å². The minimum absolute atomic E-state index is 0.0856. The van der Waals surface area contributed by atoms with E-state index in [-0.39, 0.29) is 11.8 Å². The van der Waals surface area contributed by atoms with Crippen LogP contribution in [0.3, 0.4) is 0 Å². The summed E-state index contributed by atoms with van der Waals surface area (Å²) in [6.07, 6.45) is 9.69. The van der Waals surface area contributed by atoms with Crippen LogP contribution in [0.2, 0.25) is 0 Å². The van der Waals surface area contributed by atoms with Crippen LogP contribution in [0, 0.1) is 0 Å². The van der Waals surface area contributed by atoms with Crippen LogP contribution in [-0.4, -0.2) is 37.4 Å². The summed E-state index contributed by atoms with van der Waals surface area (Å²) >= 11 is 3.24. The van der Waals surface area contributed by atoms with E-state index in [1.165, 1.54) is 41.5 Å². The maximum Gasteiger partial charge on any atom is 0.344 e. The van der Waals surface area contributed by atoms with Gasteiger partial charge >= 0.3 is 5.69 Å². The second-order valence-corrected chi connectivity index (χ2v) is 9.12. The third-order valence-corrected chi connectivity index (χ3v) is 7.48. The molecule has 5 rings (SSSR count). The van der Waals surface area contributed by atoms with Gasteiger partial charge in [0.1, 0.15) is 16.2 Å². The average molecular weight is 404 g/mol. The molecule has 0 unspecified atom stereocenters. The van der Waals surface area contributed by atoms with E-state index in [1.807, 2.05) is 0 Å². The number of fused-ring (bicyclic) bond motifs is 3. The van der Waals surface area contributed by atoms with Crippen LogP contribution in [0.25, 0.3) is 10.2 Å². The minimum atomic E-state index is -0.192.